The van der Waals surface area contributed by atoms with Gasteiger partial charge in [0.25, 0.3) is 5.78 Å². The summed E-state index contributed by atoms with van der Waals surface area (Å²) in [5.41, 5.74) is 3.75. The van der Waals surface area contributed by atoms with E-state index in [1.165, 1.54) is 7.11 Å². The molecular weight excluding hydrogens is 496 g/mol. The number of methoxy groups -OCH3 is 1. The Bertz CT molecular complexity index is 1450. The average molecular weight is 533 g/mol. The number of carbonyl (C=O) groups is 2. The van der Waals surface area contributed by atoms with E-state index in [9.17, 15) is 14.7 Å². The van der Waals surface area contributed by atoms with E-state index in [4.69, 9.17) is 9.47 Å². The molecule has 1 fully saturated rings. The number of hydrogen-bond acceptors (Lipinski definition) is 8. The van der Waals surface area contributed by atoms with Crippen molar-refractivity contribution < 1.29 is 24.2 Å². The minimum Gasteiger partial charge on any atom is -0.512 e. The van der Waals surface area contributed by atoms with Gasteiger partial charge in [0.05, 0.1) is 18.2 Å². The number of hydrogen-bond donors (Lipinski definition) is 1. The number of rotatable bonds is 8. The first-order valence-electron chi connectivity index (χ1n) is 13.8. The monoisotopic (exact) mass is 532 g/mol. The molecule has 0 amide bonds. The molecule has 0 spiro atoms. The fraction of sp³-hybridized carbons (Fsp3) is 0.500. The van der Waals surface area contributed by atoms with E-state index in [-0.39, 0.29) is 36.1 Å². The number of carbonyl (C=O) groups excluding carboxylic acids is 2. The quantitative estimate of drug-likeness (QED) is 0.405. The highest BCUT2D eigenvalue weighted by Crippen LogP contribution is 2.46. The van der Waals surface area contributed by atoms with Crippen molar-refractivity contribution in [1.82, 2.24) is 19.6 Å². The van der Waals surface area contributed by atoms with Crippen LogP contribution in [0.25, 0.3) is 5.78 Å². The largest absolute Gasteiger partial charge is 0.512 e. The van der Waals surface area contributed by atoms with Crippen molar-refractivity contribution in [2.45, 2.75) is 84.2 Å². The average Bonchev–Trinajstić information content (AvgIpc) is 3.60. The van der Waals surface area contributed by atoms with E-state index in [1.807, 2.05) is 45.0 Å². The highest BCUT2D eigenvalue weighted by Gasteiger charge is 2.48. The topological polar surface area (TPSA) is 116 Å². The Morgan fingerprint density at radius 2 is 1.97 bits per heavy atom. The maximum atomic E-state index is 13.4. The Morgan fingerprint density at radius 3 is 2.67 bits per heavy atom. The maximum absolute atomic E-state index is 13.4. The zero-order valence-corrected chi connectivity index (χ0v) is 23.1. The molecule has 9 nitrogen and oxygen atoms in total. The van der Waals surface area contributed by atoms with Crippen molar-refractivity contribution in [1.29, 1.82) is 0 Å². The van der Waals surface area contributed by atoms with Crippen LogP contribution in [-0.2, 0) is 33.5 Å². The summed E-state index contributed by atoms with van der Waals surface area (Å²) < 4.78 is 12.8. The van der Waals surface area contributed by atoms with Crippen LogP contribution in [0.4, 0.5) is 0 Å². The fourth-order valence-electron chi connectivity index (χ4n) is 6.19. The van der Waals surface area contributed by atoms with Crippen LogP contribution in [0.3, 0.4) is 0 Å². The molecule has 0 saturated heterocycles. The highest BCUT2D eigenvalue weighted by molar-refractivity contribution is 5.91. The molecule has 39 heavy (non-hydrogen) atoms. The van der Waals surface area contributed by atoms with Gasteiger partial charge in [-0.2, -0.15) is 4.98 Å². The molecule has 0 bridgehead atoms. The third-order valence-corrected chi connectivity index (χ3v) is 8.25. The van der Waals surface area contributed by atoms with Gasteiger partial charge in [0.2, 0.25) is 0 Å². The van der Waals surface area contributed by atoms with Gasteiger partial charge in [-0.25, -0.2) is 19.1 Å². The van der Waals surface area contributed by atoms with Gasteiger partial charge in [-0.15, -0.1) is 5.10 Å². The number of nitrogens with zero attached hydrogens (tertiary/aromatic N) is 4. The van der Waals surface area contributed by atoms with E-state index in [1.54, 1.807) is 4.52 Å². The van der Waals surface area contributed by atoms with Crippen molar-refractivity contribution in [2.24, 2.45) is 5.92 Å². The fourth-order valence-corrected chi connectivity index (χ4v) is 6.19. The summed E-state index contributed by atoms with van der Waals surface area (Å²) in [5, 5.41) is 15.7. The van der Waals surface area contributed by atoms with Gasteiger partial charge in [0.15, 0.2) is 5.82 Å². The predicted molar refractivity (Wildman–Crippen MR) is 144 cm³/mol. The molecule has 1 aliphatic heterocycles. The lowest BCUT2D eigenvalue weighted by Gasteiger charge is -2.41. The summed E-state index contributed by atoms with van der Waals surface area (Å²) >= 11 is 0. The van der Waals surface area contributed by atoms with Crippen molar-refractivity contribution in [2.75, 3.05) is 7.11 Å². The van der Waals surface area contributed by atoms with E-state index in [0.717, 1.165) is 48.2 Å². The van der Waals surface area contributed by atoms with Crippen molar-refractivity contribution in [3.63, 3.8) is 0 Å². The summed E-state index contributed by atoms with van der Waals surface area (Å²) in [6, 6.07) is 7.70. The van der Waals surface area contributed by atoms with Crippen LogP contribution in [0.2, 0.25) is 0 Å². The van der Waals surface area contributed by atoms with E-state index >= 15 is 0 Å². The van der Waals surface area contributed by atoms with Gasteiger partial charge >= 0.3 is 11.9 Å². The molecule has 3 aromatic rings. The van der Waals surface area contributed by atoms with Gasteiger partial charge in [-0.3, -0.25) is 0 Å². The number of aryl methyl sites for hydroxylation is 4. The molecule has 9 heteroatoms. The number of esters is 2. The van der Waals surface area contributed by atoms with E-state index < -0.39 is 11.6 Å². The molecule has 1 atom stereocenters. The van der Waals surface area contributed by atoms with Gasteiger partial charge in [0, 0.05) is 24.2 Å². The van der Waals surface area contributed by atoms with Crippen molar-refractivity contribution >= 4 is 17.7 Å². The van der Waals surface area contributed by atoms with Crippen LogP contribution in [0.15, 0.2) is 35.6 Å². The van der Waals surface area contributed by atoms with Crippen LogP contribution >= 0.6 is 0 Å². The molecule has 2 aromatic heterocycles. The Morgan fingerprint density at radius 1 is 1.21 bits per heavy atom. The van der Waals surface area contributed by atoms with Crippen LogP contribution in [0.5, 0.6) is 0 Å². The third-order valence-electron chi connectivity index (χ3n) is 8.25. The van der Waals surface area contributed by atoms with Gasteiger partial charge in [-0.1, -0.05) is 31.9 Å². The smallest absolute Gasteiger partial charge is 0.338 e. The molecule has 1 unspecified atom stereocenters. The molecular formula is C30H36N4O5. The second-order valence-electron chi connectivity index (χ2n) is 10.8. The summed E-state index contributed by atoms with van der Waals surface area (Å²) in [6.07, 6.45) is 6.45. The number of ether oxygens (including phenoxy) is 2. The first kappa shape index (κ1) is 26.8. The van der Waals surface area contributed by atoms with Gasteiger partial charge < -0.3 is 14.6 Å². The molecule has 5 rings (SSSR count). The normalized spacial score (nSPS) is 20.1. The Kier molecular flexibility index (Phi) is 7.42. The number of fused-ring (bicyclic) bond motifs is 1. The summed E-state index contributed by atoms with van der Waals surface area (Å²) in [7, 11) is 1.39. The lowest BCUT2D eigenvalue weighted by Crippen LogP contribution is -2.46. The summed E-state index contributed by atoms with van der Waals surface area (Å²) in [4.78, 5) is 34.4. The predicted octanol–water partition coefficient (Wildman–Crippen LogP) is 4.95. The number of cyclic esters (lactones) is 1. The minimum absolute atomic E-state index is 0.0631. The first-order valence-corrected chi connectivity index (χ1v) is 13.8. The van der Waals surface area contributed by atoms with E-state index in [0.29, 0.717) is 36.4 Å². The second-order valence-corrected chi connectivity index (χ2v) is 10.8. The number of benzene rings is 1. The highest BCUT2D eigenvalue weighted by atomic mass is 16.6. The number of aliphatic hydroxyl groups excluding tert-OH is 1. The Balaban J connectivity index is 1.39. The first-order chi connectivity index (χ1) is 18.7. The van der Waals surface area contributed by atoms with Crippen molar-refractivity contribution in [3.8, 4) is 0 Å². The lowest BCUT2D eigenvalue weighted by atomic mass is 9.76. The molecule has 2 aliphatic rings. The van der Waals surface area contributed by atoms with Crippen LogP contribution in [0, 0.1) is 19.8 Å². The van der Waals surface area contributed by atoms with E-state index in [2.05, 4.69) is 15.1 Å². The molecule has 206 valence electrons. The standard InChI is InChI=1S/C30H36N4O5/c1-5-21-15-20(10-11-23(21)27(36)38-4)12-13-30(22-8-6-7-9-22)17-25(35)24(28(37)39-30)16-26-32-29-31-18(2)14-19(3)34(29)33-26/h10-11,14-15,22,35H,5-9,12-13,16-17H2,1-4H3. The molecule has 1 aromatic carbocycles. The molecule has 1 aliphatic carbocycles. The second kappa shape index (κ2) is 10.8. The van der Waals surface area contributed by atoms with Crippen LogP contribution in [0.1, 0.15) is 84.1 Å². The Hall–Kier alpha value is -3.75. The Labute approximate surface area is 228 Å². The number of aromatic nitrogens is 4. The summed E-state index contributed by atoms with van der Waals surface area (Å²) in [5.74, 6) is 0.297. The van der Waals surface area contributed by atoms with Crippen molar-refractivity contribution in [3.05, 3.63) is 69.5 Å². The number of aliphatic hydroxyl groups is 1. The van der Waals surface area contributed by atoms with Crippen LogP contribution in [-0.4, -0.2) is 49.3 Å². The lowest BCUT2D eigenvalue weighted by molar-refractivity contribution is -0.167. The zero-order valence-electron chi connectivity index (χ0n) is 23.1. The molecule has 0 radical (unpaired) electrons. The maximum Gasteiger partial charge on any atom is 0.338 e. The summed E-state index contributed by atoms with van der Waals surface area (Å²) in [6.45, 7) is 5.83. The van der Waals surface area contributed by atoms with Gasteiger partial charge in [0.1, 0.15) is 11.4 Å². The third kappa shape index (κ3) is 5.27. The molecule has 3 heterocycles. The minimum atomic E-state index is -0.768. The van der Waals surface area contributed by atoms with Gasteiger partial charge in [-0.05, 0) is 75.1 Å². The SMILES string of the molecule is CCc1cc(CCC2(C3CCCC3)CC(O)=C(Cc3nc4nc(C)cc(C)n4n3)C(=O)O2)ccc1C(=O)OC. The molecule has 1 N–H and O–H groups in total. The zero-order chi connectivity index (χ0) is 27.7. The molecule has 1 saturated carbocycles. The van der Waals surface area contributed by atoms with Crippen LogP contribution < -0.4 is 0 Å².